The molecule has 40 heavy (non-hydrogen) atoms. The standard InChI is InChI=1S/C30H39F2N3O5/c1-4-30(32,5-2)19-34-12-10-20(11-13-34)18-40-23-7-9-26(33-16-23)24-8-6-21(14-25(24)31)27(37)35-17-22(36)15-29(35,3)28(38)39/h6-9,14,16,20,22,36H,4-5,10-13,15,17-19H2,1-3H3,(H,38,39)/t22-,29+/m1/s1. The predicted octanol–water partition coefficient (Wildman–Crippen LogP) is 4.56. The van der Waals surface area contributed by atoms with Crippen LogP contribution in [0.5, 0.6) is 5.75 Å². The molecule has 1 aromatic carbocycles. The van der Waals surface area contributed by atoms with Gasteiger partial charge in [-0.15, -0.1) is 0 Å². The summed E-state index contributed by atoms with van der Waals surface area (Å²) in [6.45, 7) is 7.74. The number of aromatic nitrogens is 1. The fraction of sp³-hybridized carbons (Fsp3) is 0.567. The molecule has 218 valence electrons. The van der Waals surface area contributed by atoms with Crippen LogP contribution in [0.2, 0.25) is 0 Å². The van der Waals surface area contributed by atoms with Gasteiger partial charge in [0.2, 0.25) is 0 Å². The molecule has 2 aliphatic rings. The van der Waals surface area contributed by atoms with Gasteiger partial charge in [0.1, 0.15) is 22.8 Å². The summed E-state index contributed by atoms with van der Waals surface area (Å²) in [4.78, 5) is 32.4. The number of aliphatic hydroxyl groups is 1. The average Bonchev–Trinajstić information content (AvgIpc) is 3.27. The third kappa shape index (κ3) is 6.44. The van der Waals surface area contributed by atoms with Gasteiger partial charge >= 0.3 is 5.97 Å². The third-order valence-electron chi connectivity index (χ3n) is 8.52. The molecule has 4 rings (SSSR count). The second-order valence-electron chi connectivity index (χ2n) is 11.3. The molecular weight excluding hydrogens is 520 g/mol. The molecule has 1 aromatic heterocycles. The number of aliphatic hydroxyl groups excluding tert-OH is 1. The minimum absolute atomic E-state index is 0.00424. The molecule has 0 saturated carbocycles. The van der Waals surface area contributed by atoms with Gasteiger partial charge in [-0.25, -0.2) is 13.6 Å². The molecule has 2 fully saturated rings. The van der Waals surface area contributed by atoms with Gasteiger partial charge < -0.3 is 24.7 Å². The maximum absolute atomic E-state index is 15.0. The highest BCUT2D eigenvalue weighted by molar-refractivity contribution is 5.98. The molecule has 0 spiro atoms. The summed E-state index contributed by atoms with van der Waals surface area (Å²) in [5, 5.41) is 19.6. The minimum Gasteiger partial charge on any atom is -0.492 e. The maximum Gasteiger partial charge on any atom is 0.329 e. The van der Waals surface area contributed by atoms with E-state index in [9.17, 15) is 24.2 Å². The number of carbonyl (C=O) groups excluding carboxylic acids is 1. The van der Waals surface area contributed by atoms with Gasteiger partial charge in [0.15, 0.2) is 0 Å². The highest BCUT2D eigenvalue weighted by Gasteiger charge is 2.50. The van der Waals surface area contributed by atoms with Crippen molar-refractivity contribution < 1.29 is 33.3 Å². The largest absolute Gasteiger partial charge is 0.492 e. The Kier molecular flexibility index (Phi) is 9.09. The molecule has 8 nitrogen and oxygen atoms in total. The van der Waals surface area contributed by atoms with E-state index in [1.807, 2.05) is 13.8 Å². The number of piperidine rings is 1. The van der Waals surface area contributed by atoms with Crippen LogP contribution in [0.25, 0.3) is 11.3 Å². The molecule has 2 aliphatic heterocycles. The molecule has 0 radical (unpaired) electrons. The van der Waals surface area contributed by atoms with E-state index in [0.29, 0.717) is 43.4 Å². The number of halogens is 2. The van der Waals surface area contributed by atoms with Gasteiger partial charge in [-0.1, -0.05) is 13.8 Å². The van der Waals surface area contributed by atoms with Gasteiger partial charge in [0, 0.05) is 30.6 Å². The zero-order valence-electron chi connectivity index (χ0n) is 23.4. The average molecular weight is 560 g/mol. The predicted molar refractivity (Wildman–Crippen MR) is 146 cm³/mol. The Morgan fingerprint density at radius 2 is 1.88 bits per heavy atom. The van der Waals surface area contributed by atoms with Crippen LogP contribution in [-0.4, -0.2) is 87.0 Å². The maximum atomic E-state index is 15.0. The van der Waals surface area contributed by atoms with Crippen molar-refractivity contribution in [3.05, 3.63) is 47.9 Å². The lowest BCUT2D eigenvalue weighted by Crippen LogP contribution is -2.50. The van der Waals surface area contributed by atoms with Gasteiger partial charge in [-0.2, -0.15) is 0 Å². The Balaban J connectivity index is 1.33. The number of hydrogen-bond acceptors (Lipinski definition) is 6. The first kappa shape index (κ1) is 29.9. The van der Waals surface area contributed by atoms with Crippen molar-refractivity contribution in [2.24, 2.45) is 5.92 Å². The van der Waals surface area contributed by atoms with E-state index in [1.165, 1.54) is 25.3 Å². The fourth-order valence-electron chi connectivity index (χ4n) is 5.59. The summed E-state index contributed by atoms with van der Waals surface area (Å²) in [6, 6.07) is 7.30. The lowest BCUT2D eigenvalue weighted by atomic mass is 9.94. The number of carboxylic acid groups (broad SMARTS) is 1. The molecular formula is C30H39F2N3O5. The van der Waals surface area contributed by atoms with Crippen LogP contribution in [-0.2, 0) is 4.79 Å². The van der Waals surface area contributed by atoms with Crippen molar-refractivity contribution in [1.29, 1.82) is 0 Å². The molecule has 0 unspecified atom stereocenters. The second-order valence-corrected chi connectivity index (χ2v) is 11.3. The number of nitrogens with zero attached hydrogens (tertiary/aromatic N) is 3. The smallest absolute Gasteiger partial charge is 0.329 e. The third-order valence-corrected chi connectivity index (χ3v) is 8.52. The molecule has 2 N–H and O–H groups in total. The summed E-state index contributed by atoms with van der Waals surface area (Å²) in [7, 11) is 0. The van der Waals surface area contributed by atoms with E-state index < -0.39 is 35.0 Å². The van der Waals surface area contributed by atoms with Crippen LogP contribution in [0.3, 0.4) is 0 Å². The van der Waals surface area contributed by atoms with Gasteiger partial charge in [0.05, 0.1) is 24.6 Å². The van der Waals surface area contributed by atoms with E-state index in [1.54, 1.807) is 12.1 Å². The van der Waals surface area contributed by atoms with Crippen molar-refractivity contribution in [2.75, 3.05) is 32.8 Å². The monoisotopic (exact) mass is 559 g/mol. The number of rotatable bonds is 10. The van der Waals surface area contributed by atoms with E-state index in [-0.39, 0.29) is 24.1 Å². The quantitative estimate of drug-likeness (QED) is 0.440. The number of benzene rings is 1. The van der Waals surface area contributed by atoms with Crippen LogP contribution >= 0.6 is 0 Å². The van der Waals surface area contributed by atoms with Crippen LogP contribution in [0, 0.1) is 11.7 Å². The Bertz CT molecular complexity index is 1200. The summed E-state index contributed by atoms with van der Waals surface area (Å²) < 4.78 is 35.7. The van der Waals surface area contributed by atoms with Crippen LogP contribution in [0.15, 0.2) is 36.5 Å². The first-order valence-corrected chi connectivity index (χ1v) is 14.0. The normalized spacial score (nSPS) is 22.4. The minimum atomic E-state index is -1.57. The lowest BCUT2D eigenvalue weighted by molar-refractivity contribution is -0.147. The summed E-state index contributed by atoms with van der Waals surface area (Å²) in [6.07, 6.45) is 3.40. The zero-order valence-corrected chi connectivity index (χ0v) is 23.4. The Morgan fingerprint density at radius 1 is 1.18 bits per heavy atom. The number of likely N-dealkylation sites (tertiary alicyclic amines) is 2. The fourth-order valence-corrected chi connectivity index (χ4v) is 5.59. The second kappa shape index (κ2) is 12.2. The number of pyridine rings is 1. The van der Waals surface area contributed by atoms with Crippen LogP contribution in [0.4, 0.5) is 8.78 Å². The van der Waals surface area contributed by atoms with Crippen LogP contribution in [0.1, 0.15) is 63.2 Å². The summed E-state index contributed by atoms with van der Waals surface area (Å²) >= 11 is 0. The number of carboxylic acids is 1. The number of alkyl halides is 1. The molecule has 2 aromatic rings. The van der Waals surface area contributed by atoms with Crippen molar-refractivity contribution in [2.45, 2.75) is 70.2 Å². The zero-order chi connectivity index (χ0) is 29.1. The number of amides is 1. The Morgan fingerprint density at radius 3 is 2.45 bits per heavy atom. The Hall–Kier alpha value is -3.11. The number of hydrogen-bond donors (Lipinski definition) is 2. The van der Waals surface area contributed by atoms with Crippen LogP contribution < -0.4 is 4.74 Å². The van der Waals surface area contributed by atoms with Crippen molar-refractivity contribution in [3.8, 4) is 17.0 Å². The highest BCUT2D eigenvalue weighted by atomic mass is 19.1. The SMILES string of the molecule is CCC(F)(CC)CN1CCC(COc2ccc(-c3ccc(C(=O)N4C[C@H](O)C[C@@]4(C)C(=O)O)cc3F)nc2)CC1. The van der Waals surface area contributed by atoms with Crippen molar-refractivity contribution >= 4 is 11.9 Å². The number of ether oxygens (including phenoxy) is 1. The molecule has 10 heteroatoms. The van der Waals surface area contributed by atoms with Crippen molar-refractivity contribution in [1.82, 2.24) is 14.8 Å². The van der Waals surface area contributed by atoms with E-state index in [0.717, 1.165) is 36.9 Å². The molecule has 3 heterocycles. The number of carbonyl (C=O) groups is 2. The summed E-state index contributed by atoms with van der Waals surface area (Å²) in [5.74, 6) is -1.61. The lowest BCUT2D eigenvalue weighted by Gasteiger charge is -2.36. The molecule has 2 atom stereocenters. The molecule has 0 bridgehead atoms. The van der Waals surface area contributed by atoms with Gasteiger partial charge in [0.25, 0.3) is 5.91 Å². The first-order valence-electron chi connectivity index (χ1n) is 14.0. The van der Waals surface area contributed by atoms with Gasteiger partial charge in [-0.3, -0.25) is 9.78 Å². The first-order chi connectivity index (χ1) is 19.0. The van der Waals surface area contributed by atoms with E-state index >= 15 is 4.39 Å². The van der Waals surface area contributed by atoms with E-state index in [2.05, 4.69) is 9.88 Å². The van der Waals surface area contributed by atoms with E-state index in [4.69, 9.17) is 4.74 Å². The Labute approximate surface area is 234 Å². The van der Waals surface area contributed by atoms with Crippen molar-refractivity contribution in [3.63, 3.8) is 0 Å². The molecule has 0 aliphatic carbocycles. The molecule has 2 saturated heterocycles. The summed E-state index contributed by atoms with van der Waals surface area (Å²) in [5.41, 5.74) is -2.13. The van der Waals surface area contributed by atoms with Gasteiger partial charge in [-0.05, 0) is 81.9 Å². The topological polar surface area (TPSA) is 103 Å². The molecule has 1 amide bonds. The number of aliphatic carboxylic acids is 1. The highest BCUT2D eigenvalue weighted by Crippen LogP contribution is 2.32. The number of β-amino-alcohol motifs (C(OH)–C–C–N with tert-alkyl or cyclic N) is 1.